The lowest BCUT2D eigenvalue weighted by molar-refractivity contribution is -0.660. The minimum absolute atomic E-state index is 0.0266. The van der Waals surface area contributed by atoms with Crippen LogP contribution < -0.4 is 25.9 Å². The monoisotopic (exact) mass is 664 g/mol. The van der Waals surface area contributed by atoms with Gasteiger partial charge in [0.2, 0.25) is 5.69 Å². The summed E-state index contributed by atoms with van der Waals surface area (Å²) in [6.45, 7) is 2.21. The largest absolute Gasteiger partial charge is 0.455 e. The summed E-state index contributed by atoms with van der Waals surface area (Å²) >= 11 is 0. The average molecular weight is 665 g/mol. The molecular formula is C47H31BN3O+. The van der Waals surface area contributed by atoms with Crippen LogP contribution in [0.1, 0.15) is 5.56 Å². The standard InChI is InChI=1S/C47H31BN3O/c1-28-19-21-32-34-26-41-36(27-42(34)52-47(32)43(28)38-18-10-11-25-49(38)2)48-35-16-8-9-17-37(35)51-39-23-20-29-12-6-7-15-31(29)44(39)33-22-24-40(45(48)46(33)51)50(41)30-13-4-3-5-14-30/h3-27H,1-2H3/q+1. The van der Waals surface area contributed by atoms with Gasteiger partial charge in [-0.3, -0.25) is 0 Å². The number of fused-ring (bicyclic) bond motifs is 13. The number of anilines is 3. The smallest absolute Gasteiger partial charge is 0.252 e. The van der Waals surface area contributed by atoms with Crippen molar-refractivity contribution in [1.29, 1.82) is 0 Å². The maximum Gasteiger partial charge on any atom is 0.252 e. The van der Waals surface area contributed by atoms with Crippen molar-refractivity contribution in [3.63, 3.8) is 0 Å². The Bertz CT molecular complexity index is 3170. The van der Waals surface area contributed by atoms with Crippen molar-refractivity contribution in [3.8, 4) is 16.9 Å². The second-order valence-electron chi connectivity index (χ2n) is 14.4. The van der Waals surface area contributed by atoms with Crippen LogP contribution in [0.5, 0.6) is 0 Å². The van der Waals surface area contributed by atoms with Gasteiger partial charge >= 0.3 is 0 Å². The van der Waals surface area contributed by atoms with Gasteiger partial charge in [-0.2, -0.15) is 0 Å². The quantitative estimate of drug-likeness (QED) is 0.136. The Labute approximate surface area is 300 Å². The number of nitrogens with zero attached hydrogens (tertiary/aromatic N) is 3. The molecule has 10 aromatic rings. The van der Waals surface area contributed by atoms with E-state index in [9.17, 15) is 0 Å². The van der Waals surface area contributed by atoms with Gasteiger partial charge < -0.3 is 13.9 Å². The van der Waals surface area contributed by atoms with Crippen LogP contribution in [-0.4, -0.2) is 11.3 Å². The predicted octanol–water partition coefficient (Wildman–Crippen LogP) is 9.25. The molecular weight excluding hydrogens is 633 g/mol. The van der Waals surface area contributed by atoms with E-state index in [0.717, 1.165) is 38.9 Å². The van der Waals surface area contributed by atoms with E-state index in [4.69, 9.17) is 4.42 Å². The third kappa shape index (κ3) is 3.50. The van der Waals surface area contributed by atoms with Crippen molar-refractivity contribution < 1.29 is 8.98 Å². The molecule has 2 aliphatic rings. The van der Waals surface area contributed by atoms with Gasteiger partial charge in [0.25, 0.3) is 6.71 Å². The highest BCUT2D eigenvalue weighted by Crippen LogP contribution is 2.46. The van der Waals surface area contributed by atoms with Crippen LogP contribution in [0.3, 0.4) is 0 Å². The molecule has 0 atom stereocenters. The number of pyridine rings is 1. The highest BCUT2D eigenvalue weighted by molar-refractivity contribution is 7.00. The lowest BCUT2D eigenvalue weighted by atomic mass is 9.34. The molecule has 52 heavy (non-hydrogen) atoms. The Morgan fingerprint density at radius 1 is 0.615 bits per heavy atom. The lowest BCUT2D eigenvalue weighted by Crippen LogP contribution is -2.60. The first-order valence-electron chi connectivity index (χ1n) is 18.0. The molecule has 0 spiro atoms. The topological polar surface area (TPSA) is 25.2 Å². The number of aryl methyl sites for hydroxylation is 2. The van der Waals surface area contributed by atoms with Crippen molar-refractivity contribution in [2.45, 2.75) is 6.92 Å². The fourth-order valence-electron chi connectivity index (χ4n) is 9.53. The Hall–Kier alpha value is -6.59. The van der Waals surface area contributed by atoms with Gasteiger partial charge in [-0.15, -0.1) is 0 Å². The summed E-state index contributed by atoms with van der Waals surface area (Å²) in [5.41, 5.74) is 16.6. The van der Waals surface area contributed by atoms with Gasteiger partial charge in [0.05, 0.1) is 16.6 Å². The van der Waals surface area contributed by atoms with Crippen molar-refractivity contribution in [3.05, 3.63) is 157 Å². The Morgan fingerprint density at radius 2 is 1.42 bits per heavy atom. The van der Waals surface area contributed by atoms with Gasteiger partial charge in [0.1, 0.15) is 18.2 Å². The first-order chi connectivity index (χ1) is 25.7. The molecule has 0 fully saturated rings. The van der Waals surface area contributed by atoms with E-state index in [-0.39, 0.29) is 6.71 Å². The predicted molar refractivity (Wildman–Crippen MR) is 216 cm³/mol. The van der Waals surface area contributed by atoms with Gasteiger partial charge in [-0.1, -0.05) is 84.9 Å². The maximum absolute atomic E-state index is 7.01. The number of para-hydroxylation sites is 2. The number of rotatable bonds is 2. The number of hydrogen-bond acceptors (Lipinski definition) is 2. The first-order valence-corrected chi connectivity index (χ1v) is 18.0. The normalized spacial score (nSPS) is 13.1. The highest BCUT2D eigenvalue weighted by Gasteiger charge is 2.42. The van der Waals surface area contributed by atoms with Crippen LogP contribution >= 0.6 is 0 Å². The molecule has 12 rings (SSSR count). The number of hydrogen-bond donors (Lipinski definition) is 0. The van der Waals surface area contributed by atoms with Crippen LogP contribution in [0.15, 0.2) is 156 Å². The summed E-state index contributed by atoms with van der Waals surface area (Å²) in [6.07, 6.45) is 2.10. The molecule has 242 valence electrons. The van der Waals surface area contributed by atoms with Crippen molar-refractivity contribution >= 4 is 94.7 Å². The fourth-order valence-corrected chi connectivity index (χ4v) is 9.53. The van der Waals surface area contributed by atoms with E-state index in [1.54, 1.807) is 0 Å². The van der Waals surface area contributed by atoms with Crippen molar-refractivity contribution in [1.82, 2.24) is 4.57 Å². The molecule has 0 unspecified atom stereocenters. The molecule has 0 amide bonds. The molecule has 0 radical (unpaired) electrons. The Balaban J connectivity index is 1.24. The number of furan rings is 1. The van der Waals surface area contributed by atoms with Gasteiger partial charge in [0, 0.05) is 56.4 Å². The number of benzene rings is 7. The Morgan fingerprint density at radius 3 is 2.33 bits per heavy atom. The summed E-state index contributed by atoms with van der Waals surface area (Å²) in [6, 6.07) is 53.6. The van der Waals surface area contributed by atoms with E-state index in [1.807, 2.05) is 0 Å². The average Bonchev–Trinajstić information content (AvgIpc) is 3.73. The lowest BCUT2D eigenvalue weighted by Gasteiger charge is -2.39. The van der Waals surface area contributed by atoms with Crippen molar-refractivity contribution in [2.75, 3.05) is 4.90 Å². The van der Waals surface area contributed by atoms with Crippen LogP contribution in [-0.2, 0) is 7.05 Å². The SMILES string of the molecule is Cc1ccc2c(oc3cc4c(cc32)N(c2ccccc2)c2ccc3c5c6ccccc6ccc5n5c3c2B4c2ccccc2-5)c1-c1cccc[n+]1C. The highest BCUT2D eigenvalue weighted by atomic mass is 16.3. The molecule has 7 aromatic carbocycles. The third-order valence-electron chi connectivity index (χ3n) is 11.7. The zero-order chi connectivity index (χ0) is 34.2. The minimum atomic E-state index is 0.0266. The van der Waals surface area contributed by atoms with Crippen LogP contribution in [0, 0.1) is 6.92 Å². The summed E-state index contributed by atoms with van der Waals surface area (Å²) in [4.78, 5) is 2.49. The van der Waals surface area contributed by atoms with E-state index >= 15 is 0 Å². The maximum atomic E-state index is 7.01. The van der Waals surface area contributed by atoms with Crippen LogP contribution in [0.4, 0.5) is 17.1 Å². The molecule has 0 saturated carbocycles. The van der Waals surface area contributed by atoms with E-state index < -0.39 is 0 Å². The van der Waals surface area contributed by atoms with Crippen molar-refractivity contribution in [2.24, 2.45) is 7.05 Å². The summed E-state index contributed by atoms with van der Waals surface area (Å²) in [7, 11) is 2.10. The van der Waals surface area contributed by atoms with E-state index in [2.05, 4.69) is 180 Å². The second kappa shape index (κ2) is 10.0. The Kier molecular flexibility index (Phi) is 5.42. The molecule has 0 N–H and O–H groups in total. The molecule has 3 aromatic heterocycles. The molecule has 4 nitrogen and oxygen atoms in total. The zero-order valence-corrected chi connectivity index (χ0v) is 28.8. The summed E-state index contributed by atoms with van der Waals surface area (Å²) in [5.74, 6) is 0. The number of aromatic nitrogens is 2. The molecule has 2 aliphatic heterocycles. The van der Waals surface area contributed by atoms with Crippen LogP contribution in [0.25, 0.3) is 71.5 Å². The summed E-state index contributed by atoms with van der Waals surface area (Å²) in [5, 5.41) is 7.42. The fraction of sp³-hybridized carbons (Fsp3) is 0.0426. The molecule has 5 heterocycles. The molecule has 0 bridgehead atoms. The first kappa shape index (κ1) is 28.1. The van der Waals surface area contributed by atoms with E-state index in [1.165, 1.54) is 71.6 Å². The van der Waals surface area contributed by atoms with E-state index in [0.29, 0.717) is 0 Å². The molecule has 0 aliphatic carbocycles. The molecule has 0 saturated heterocycles. The van der Waals surface area contributed by atoms with Gasteiger partial charge in [-0.05, 0) is 88.2 Å². The second-order valence-corrected chi connectivity index (χ2v) is 14.4. The van der Waals surface area contributed by atoms with Gasteiger partial charge in [-0.25, -0.2) is 4.57 Å². The minimum Gasteiger partial charge on any atom is -0.455 e. The van der Waals surface area contributed by atoms with Gasteiger partial charge in [0.15, 0.2) is 6.20 Å². The molecule has 5 heteroatoms. The summed E-state index contributed by atoms with van der Waals surface area (Å²) < 4.78 is 11.7. The van der Waals surface area contributed by atoms with Crippen LogP contribution in [0.2, 0.25) is 0 Å². The third-order valence-corrected chi connectivity index (χ3v) is 11.7. The zero-order valence-electron chi connectivity index (χ0n) is 28.8.